The van der Waals surface area contributed by atoms with Gasteiger partial charge in [-0.2, -0.15) is 0 Å². The smallest absolute Gasteiger partial charge is 0.146 e. The van der Waals surface area contributed by atoms with Crippen molar-refractivity contribution in [3.63, 3.8) is 0 Å². The molecule has 1 atom stereocenters. The number of ether oxygens (including phenoxy) is 2. The van der Waals surface area contributed by atoms with Crippen LogP contribution in [0.3, 0.4) is 0 Å². The maximum absolute atomic E-state index is 6.07. The second kappa shape index (κ2) is 6.26. The number of rotatable bonds is 5. The molecule has 1 saturated carbocycles. The second-order valence-corrected chi connectivity index (χ2v) is 7.29. The molecule has 0 N–H and O–H groups in total. The van der Waals surface area contributed by atoms with Crippen LogP contribution in [0.2, 0.25) is 0 Å². The fraction of sp³-hybridized carbons (Fsp3) is 0.875. The van der Waals surface area contributed by atoms with Gasteiger partial charge >= 0.3 is 0 Å². The molecule has 2 heterocycles. The van der Waals surface area contributed by atoms with E-state index in [9.17, 15) is 0 Å². The first-order valence-electron chi connectivity index (χ1n) is 8.26. The maximum atomic E-state index is 6.07. The van der Waals surface area contributed by atoms with Gasteiger partial charge in [-0.05, 0) is 26.7 Å². The van der Waals surface area contributed by atoms with Gasteiger partial charge < -0.3 is 14.0 Å². The first kappa shape index (κ1) is 15.9. The zero-order valence-electron chi connectivity index (χ0n) is 14.2. The molecule has 0 amide bonds. The van der Waals surface area contributed by atoms with Gasteiger partial charge in [0.2, 0.25) is 0 Å². The molecule has 0 unspecified atom stereocenters. The van der Waals surface area contributed by atoms with Gasteiger partial charge in [-0.15, -0.1) is 10.2 Å². The van der Waals surface area contributed by atoms with E-state index in [4.69, 9.17) is 9.47 Å². The quantitative estimate of drug-likeness (QED) is 0.829. The molecule has 1 aliphatic heterocycles. The number of aromatic nitrogens is 3. The van der Waals surface area contributed by atoms with E-state index in [0.717, 1.165) is 31.3 Å². The zero-order valence-corrected chi connectivity index (χ0v) is 14.2. The monoisotopic (exact) mass is 308 g/mol. The van der Waals surface area contributed by atoms with Crippen LogP contribution in [0.25, 0.3) is 0 Å². The standard InChI is InChI=1S/C16H28N4O2/c1-16(2)11-20(8-13(22-16)10-21-4)9-14-17-18-15(19(14)3)12-6-5-7-12/h12-13H,5-11H2,1-4H3/t13-/m0/s1. The molecule has 1 aromatic heterocycles. The Bertz CT molecular complexity index is 510. The third-order valence-corrected chi connectivity index (χ3v) is 4.74. The molecule has 2 aliphatic rings. The Morgan fingerprint density at radius 3 is 2.73 bits per heavy atom. The van der Waals surface area contributed by atoms with Crippen LogP contribution in [0, 0.1) is 0 Å². The molecule has 2 fully saturated rings. The van der Waals surface area contributed by atoms with E-state index in [2.05, 4.69) is 40.6 Å². The lowest BCUT2D eigenvalue weighted by atomic mass is 9.85. The van der Waals surface area contributed by atoms with Gasteiger partial charge in [0.1, 0.15) is 11.6 Å². The summed E-state index contributed by atoms with van der Waals surface area (Å²) in [5.74, 6) is 2.83. The molecular weight excluding hydrogens is 280 g/mol. The maximum Gasteiger partial charge on any atom is 0.146 e. The number of hydrogen-bond acceptors (Lipinski definition) is 5. The van der Waals surface area contributed by atoms with Gasteiger partial charge in [-0.3, -0.25) is 4.90 Å². The molecule has 1 saturated heterocycles. The van der Waals surface area contributed by atoms with Crippen molar-refractivity contribution < 1.29 is 9.47 Å². The molecule has 0 bridgehead atoms. The van der Waals surface area contributed by atoms with Crippen molar-refractivity contribution in [1.29, 1.82) is 0 Å². The summed E-state index contributed by atoms with van der Waals surface area (Å²) < 4.78 is 13.5. The van der Waals surface area contributed by atoms with Gasteiger partial charge in [0.05, 0.1) is 24.9 Å². The van der Waals surface area contributed by atoms with Gasteiger partial charge in [-0.1, -0.05) is 6.42 Å². The van der Waals surface area contributed by atoms with Crippen LogP contribution in [0.1, 0.15) is 50.7 Å². The summed E-state index contributed by atoms with van der Waals surface area (Å²) in [7, 11) is 3.82. The molecule has 6 heteroatoms. The molecule has 1 aromatic rings. The minimum atomic E-state index is -0.156. The molecule has 0 spiro atoms. The Morgan fingerprint density at radius 2 is 2.09 bits per heavy atom. The Labute approximate surface area is 132 Å². The van der Waals surface area contributed by atoms with E-state index in [1.54, 1.807) is 7.11 Å². The lowest BCUT2D eigenvalue weighted by molar-refractivity contribution is -0.154. The Kier molecular flexibility index (Phi) is 4.52. The summed E-state index contributed by atoms with van der Waals surface area (Å²) in [4.78, 5) is 2.40. The lowest BCUT2D eigenvalue weighted by Gasteiger charge is -2.42. The summed E-state index contributed by atoms with van der Waals surface area (Å²) >= 11 is 0. The molecule has 22 heavy (non-hydrogen) atoms. The molecule has 3 rings (SSSR count). The van der Waals surface area contributed by atoms with Crippen molar-refractivity contribution in [3.05, 3.63) is 11.6 Å². The number of morpholine rings is 1. The van der Waals surface area contributed by atoms with E-state index in [0.29, 0.717) is 12.5 Å². The largest absolute Gasteiger partial charge is 0.382 e. The summed E-state index contributed by atoms with van der Waals surface area (Å²) in [6, 6.07) is 0. The molecule has 6 nitrogen and oxygen atoms in total. The van der Waals surface area contributed by atoms with E-state index in [1.807, 2.05) is 0 Å². The predicted octanol–water partition coefficient (Wildman–Crippen LogP) is 1.71. The van der Waals surface area contributed by atoms with Crippen molar-refractivity contribution in [2.24, 2.45) is 7.05 Å². The summed E-state index contributed by atoms with van der Waals surface area (Å²) in [6.45, 7) is 7.51. The average Bonchev–Trinajstić information content (AvgIpc) is 2.68. The Hall–Kier alpha value is -0.980. The fourth-order valence-corrected chi connectivity index (χ4v) is 3.54. The summed E-state index contributed by atoms with van der Waals surface area (Å²) in [5.41, 5.74) is -0.156. The topological polar surface area (TPSA) is 52.4 Å². The molecule has 0 radical (unpaired) electrons. The molecule has 124 valence electrons. The highest BCUT2D eigenvalue weighted by Gasteiger charge is 2.34. The predicted molar refractivity (Wildman–Crippen MR) is 83.7 cm³/mol. The van der Waals surface area contributed by atoms with Gasteiger partial charge in [0.25, 0.3) is 0 Å². The minimum Gasteiger partial charge on any atom is -0.382 e. The number of methoxy groups -OCH3 is 1. The van der Waals surface area contributed by atoms with Crippen molar-refractivity contribution in [2.75, 3.05) is 26.8 Å². The fourth-order valence-electron chi connectivity index (χ4n) is 3.54. The van der Waals surface area contributed by atoms with Crippen LogP contribution in [-0.4, -0.2) is 58.2 Å². The summed E-state index contributed by atoms with van der Waals surface area (Å²) in [5, 5.41) is 8.86. The summed E-state index contributed by atoms with van der Waals surface area (Å²) in [6.07, 6.45) is 3.95. The normalized spacial score (nSPS) is 26.1. The van der Waals surface area contributed by atoms with Crippen LogP contribution in [0.15, 0.2) is 0 Å². The van der Waals surface area contributed by atoms with E-state index in [-0.39, 0.29) is 11.7 Å². The van der Waals surface area contributed by atoms with Gasteiger partial charge in [0, 0.05) is 33.2 Å². The van der Waals surface area contributed by atoms with Crippen LogP contribution >= 0.6 is 0 Å². The second-order valence-electron chi connectivity index (χ2n) is 7.29. The van der Waals surface area contributed by atoms with E-state index in [1.165, 1.54) is 19.3 Å². The molecule has 0 aromatic carbocycles. The van der Waals surface area contributed by atoms with E-state index < -0.39 is 0 Å². The molecule has 1 aliphatic carbocycles. The van der Waals surface area contributed by atoms with E-state index >= 15 is 0 Å². The highest BCUT2D eigenvalue weighted by Crippen LogP contribution is 2.35. The molecular formula is C16H28N4O2. The third-order valence-electron chi connectivity index (χ3n) is 4.74. The SMILES string of the molecule is COC[C@@H]1CN(Cc2nnc(C3CCC3)n2C)CC(C)(C)O1. The Morgan fingerprint density at radius 1 is 1.32 bits per heavy atom. The third kappa shape index (κ3) is 3.34. The number of hydrogen-bond donors (Lipinski definition) is 0. The highest BCUT2D eigenvalue weighted by atomic mass is 16.5. The van der Waals surface area contributed by atoms with Crippen LogP contribution in [-0.2, 0) is 23.1 Å². The van der Waals surface area contributed by atoms with Crippen LogP contribution in [0.5, 0.6) is 0 Å². The van der Waals surface area contributed by atoms with Crippen molar-refractivity contribution in [2.45, 2.75) is 57.3 Å². The highest BCUT2D eigenvalue weighted by molar-refractivity contribution is 5.05. The lowest BCUT2D eigenvalue weighted by Crippen LogP contribution is -2.53. The van der Waals surface area contributed by atoms with Crippen molar-refractivity contribution >= 4 is 0 Å². The average molecular weight is 308 g/mol. The zero-order chi connectivity index (χ0) is 15.7. The minimum absolute atomic E-state index is 0.119. The number of nitrogens with zero attached hydrogens (tertiary/aromatic N) is 4. The Balaban J connectivity index is 1.67. The van der Waals surface area contributed by atoms with Crippen LogP contribution < -0.4 is 0 Å². The van der Waals surface area contributed by atoms with Gasteiger partial charge in [-0.25, -0.2) is 0 Å². The van der Waals surface area contributed by atoms with Gasteiger partial charge in [0.15, 0.2) is 0 Å². The first-order chi connectivity index (χ1) is 10.5. The first-order valence-corrected chi connectivity index (χ1v) is 8.26. The van der Waals surface area contributed by atoms with Crippen molar-refractivity contribution in [1.82, 2.24) is 19.7 Å². The van der Waals surface area contributed by atoms with Crippen LogP contribution in [0.4, 0.5) is 0 Å². The van der Waals surface area contributed by atoms with Crippen molar-refractivity contribution in [3.8, 4) is 0 Å².